The first-order valence-electron chi connectivity index (χ1n) is 5.93. The normalized spacial score (nSPS) is 17.5. The zero-order chi connectivity index (χ0) is 12.3. The molecule has 0 amide bonds. The van der Waals surface area contributed by atoms with E-state index < -0.39 is 11.9 Å². The van der Waals surface area contributed by atoms with Crippen LogP contribution < -0.4 is 4.74 Å². The Balaban J connectivity index is 2.24. The maximum atomic E-state index is 13.3. The van der Waals surface area contributed by atoms with Gasteiger partial charge in [0.15, 0.2) is 11.6 Å². The van der Waals surface area contributed by atoms with Crippen molar-refractivity contribution in [2.24, 2.45) is 0 Å². The minimum Gasteiger partial charge on any atom is -0.494 e. The lowest BCUT2D eigenvalue weighted by atomic mass is 9.92. The van der Waals surface area contributed by atoms with Gasteiger partial charge in [0, 0.05) is 0 Å². The molecule has 17 heavy (non-hydrogen) atoms. The van der Waals surface area contributed by atoms with Crippen molar-refractivity contribution in [3.63, 3.8) is 0 Å². The fourth-order valence-electron chi connectivity index (χ4n) is 2.17. The number of hydrogen-bond donors (Lipinski definition) is 1. The van der Waals surface area contributed by atoms with E-state index in [0.717, 1.165) is 24.8 Å². The second kappa shape index (κ2) is 5.32. The highest BCUT2D eigenvalue weighted by atomic mass is 19.1. The van der Waals surface area contributed by atoms with Crippen molar-refractivity contribution in [1.29, 1.82) is 0 Å². The van der Waals surface area contributed by atoms with Gasteiger partial charge in [0.2, 0.25) is 0 Å². The summed E-state index contributed by atoms with van der Waals surface area (Å²) in [5.41, 5.74) is 1.72. The summed E-state index contributed by atoms with van der Waals surface area (Å²) in [4.78, 5) is 0. The Hall–Kier alpha value is -1.35. The molecular weight excluding hydrogens is 219 g/mol. The minimum absolute atomic E-state index is 0.179. The Bertz CT molecular complexity index is 426. The Kier molecular flexibility index (Phi) is 3.79. The SMILES string of the molecule is COc1cc(C(O)C2=CCCCC2)ccc1F. The van der Waals surface area contributed by atoms with E-state index in [1.54, 1.807) is 12.1 Å². The fraction of sp³-hybridized carbons (Fsp3) is 0.429. The summed E-state index contributed by atoms with van der Waals surface area (Å²) < 4.78 is 18.2. The number of aliphatic hydroxyl groups excluding tert-OH is 1. The number of hydrogen-bond acceptors (Lipinski definition) is 2. The molecule has 1 aliphatic carbocycles. The molecule has 1 atom stereocenters. The molecule has 92 valence electrons. The average Bonchev–Trinajstić information content (AvgIpc) is 2.39. The molecule has 0 saturated carbocycles. The smallest absolute Gasteiger partial charge is 0.165 e. The lowest BCUT2D eigenvalue weighted by Crippen LogP contribution is -2.05. The first-order chi connectivity index (χ1) is 8.22. The third-order valence-electron chi connectivity index (χ3n) is 3.17. The number of halogens is 1. The number of allylic oxidation sites excluding steroid dienone is 1. The molecule has 2 nitrogen and oxygen atoms in total. The van der Waals surface area contributed by atoms with E-state index in [-0.39, 0.29) is 5.75 Å². The van der Waals surface area contributed by atoms with E-state index >= 15 is 0 Å². The molecule has 0 saturated heterocycles. The number of methoxy groups -OCH3 is 1. The molecule has 1 aromatic carbocycles. The third kappa shape index (κ3) is 2.67. The van der Waals surface area contributed by atoms with Gasteiger partial charge in [-0.3, -0.25) is 0 Å². The zero-order valence-corrected chi connectivity index (χ0v) is 9.95. The molecule has 1 unspecified atom stereocenters. The summed E-state index contributed by atoms with van der Waals surface area (Å²) in [6.07, 6.45) is 5.68. The highest BCUT2D eigenvalue weighted by Gasteiger charge is 2.17. The number of aliphatic hydroxyl groups is 1. The summed E-state index contributed by atoms with van der Waals surface area (Å²) >= 11 is 0. The Labute approximate surface area is 101 Å². The van der Waals surface area contributed by atoms with E-state index in [2.05, 4.69) is 6.08 Å². The largest absolute Gasteiger partial charge is 0.494 e. The average molecular weight is 236 g/mol. The van der Waals surface area contributed by atoms with E-state index in [1.807, 2.05) is 0 Å². The maximum Gasteiger partial charge on any atom is 0.165 e. The van der Waals surface area contributed by atoms with Gasteiger partial charge < -0.3 is 9.84 Å². The third-order valence-corrected chi connectivity index (χ3v) is 3.17. The van der Waals surface area contributed by atoms with Gasteiger partial charge in [-0.15, -0.1) is 0 Å². The molecule has 0 aliphatic heterocycles. The van der Waals surface area contributed by atoms with Crippen molar-refractivity contribution in [3.8, 4) is 5.75 Å². The van der Waals surface area contributed by atoms with E-state index in [9.17, 15) is 9.50 Å². The van der Waals surface area contributed by atoms with Crippen molar-refractivity contribution >= 4 is 0 Å². The molecule has 0 aromatic heterocycles. The van der Waals surface area contributed by atoms with Crippen molar-refractivity contribution in [2.45, 2.75) is 31.8 Å². The Morgan fingerprint density at radius 1 is 1.35 bits per heavy atom. The second-order valence-electron chi connectivity index (χ2n) is 4.32. The van der Waals surface area contributed by atoms with Gasteiger partial charge in [-0.2, -0.15) is 0 Å². The van der Waals surface area contributed by atoms with Crippen LogP contribution in [0, 0.1) is 5.82 Å². The van der Waals surface area contributed by atoms with Crippen LogP contribution in [0.25, 0.3) is 0 Å². The molecule has 3 heteroatoms. The van der Waals surface area contributed by atoms with Crippen LogP contribution in [0.1, 0.15) is 37.4 Å². The number of ether oxygens (including phenoxy) is 1. The molecule has 0 bridgehead atoms. The van der Waals surface area contributed by atoms with Gasteiger partial charge in [-0.25, -0.2) is 4.39 Å². The minimum atomic E-state index is -0.634. The van der Waals surface area contributed by atoms with E-state index in [0.29, 0.717) is 5.56 Å². The zero-order valence-electron chi connectivity index (χ0n) is 9.95. The summed E-state index contributed by atoms with van der Waals surface area (Å²) in [6.45, 7) is 0. The predicted molar refractivity (Wildman–Crippen MR) is 64.5 cm³/mol. The highest BCUT2D eigenvalue weighted by molar-refractivity contribution is 5.35. The Morgan fingerprint density at radius 2 is 2.18 bits per heavy atom. The molecule has 0 radical (unpaired) electrons. The molecule has 0 spiro atoms. The first kappa shape index (κ1) is 12.1. The van der Waals surface area contributed by atoms with Crippen molar-refractivity contribution in [3.05, 3.63) is 41.2 Å². The molecule has 0 heterocycles. The topological polar surface area (TPSA) is 29.5 Å². The van der Waals surface area contributed by atoms with Gasteiger partial charge in [0.1, 0.15) is 6.10 Å². The van der Waals surface area contributed by atoms with Crippen molar-refractivity contribution < 1.29 is 14.2 Å². The van der Waals surface area contributed by atoms with Gasteiger partial charge in [-0.05, 0) is 49.0 Å². The standard InChI is InChI=1S/C14H17FO2/c1-17-13-9-11(7-8-12(13)15)14(16)10-5-3-2-4-6-10/h5,7-9,14,16H,2-4,6H2,1H3. The number of benzene rings is 1. The Morgan fingerprint density at radius 3 is 2.82 bits per heavy atom. The van der Waals surface area contributed by atoms with Gasteiger partial charge in [-0.1, -0.05) is 12.1 Å². The van der Waals surface area contributed by atoms with Crippen LogP contribution >= 0.6 is 0 Å². The summed E-state index contributed by atoms with van der Waals surface area (Å²) in [6, 6.07) is 4.51. The first-order valence-corrected chi connectivity index (χ1v) is 5.93. The quantitative estimate of drug-likeness (QED) is 0.815. The molecule has 1 N–H and O–H groups in total. The van der Waals surface area contributed by atoms with E-state index in [4.69, 9.17) is 4.74 Å². The van der Waals surface area contributed by atoms with Gasteiger partial charge in [0.05, 0.1) is 7.11 Å². The molecule has 1 aliphatic rings. The van der Waals surface area contributed by atoms with Crippen molar-refractivity contribution in [2.75, 3.05) is 7.11 Å². The highest BCUT2D eigenvalue weighted by Crippen LogP contribution is 2.31. The van der Waals surface area contributed by atoms with Crippen molar-refractivity contribution in [1.82, 2.24) is 0 Å². The predicted octanol–water partition coefficient (Wildman–Crippen LogP) is 3.37. The van der Waals surface area contributed by atoms with Crippen LogP contribution in [0.5, 0.6) is 5.75 Å². The molecule has 1 aromatic rings. The molecule has 0 fully saturated rings. The summed E-state index contributed by atoms with van der Waals surface area (Å²) in [5, 5.41) is 10.2. The van der Waals surface area contributed by atoms with Crippen LogP contribution in [0.2, 0.25) is 0 Å². The van der Waals surface area contributed by atoms with E-state index in [1.165, 1.54) is 19.6 Å². The molecule has 2 rings (SSSR count). The van der Waals surface area contributed by atoms with Gasteiger partial charge in [0.25, 0.3) is 0 Å². The van der Waals surface area contributed by atoms with Crippen LogP contribution in [0.4, 0.5) is 4.39 Å². The fourth-order valence-corrected chi connectivity index (χ4v) is 2.17. The van der Waals surface area contributed by atoms with Crippen LogP contribution in [-0.4, -0.2) is 12.2 Å². The lowest BCUT2D eigenvalue weighted by molar-refractivity contribution is 0.207. The lowest BCUT2D eigenvalue weighted by Gasteiger charge is -2.19. The van der Waals surface area contributed by atoms with Crippen LogP contribution in [0.3, 0.4) is 0 Å². The summed E-state index contributed by atoms with van der Waals surface area (Å²) in [7, 11) is 1.43. The number of rotatable bonds is 3. The summed E-state index contributed by atoms with van der Waals surface area (Å²) in [5.74, 6) is -0.223. The molecular formula is C14H17FO2. The van der Waals surface area contributed by atoms with Crippen LogP contribution in [-0.2, 0) is 0 Å². The second-order valence-corrected chi connectivity index (χ2v) is 4.32. The van der Waals surface area contributed by atoms with Crippen LogP contribution in [0.15, 0.2) is 29.8 Å². The monoisotopic (exact) mass is 236 g/mol. The van der Waals surface area contributed by atoms with Gasteiger partial charge >= 0.3 is 0 Å². The maximum absolute atomic E-state index is 13.3.